The van der Waals surface area contributed by atoms with Crippen LogP contribution in [0.4, 0.5) is 23.2 Å². The molecule has 0 unspecified atom stereocenters. The summed E-state index contributed by atoms with van der Waals surface area (Å²) < 4.78 is 85.8. The molecule has 188 valence electrons. The molecule has 4 rings (SSSR count). The Kier molecular flexibility index (Phi) is 6.60. The smallest absolute Gasteiger partial charge is 0.265 e. The van der Waals surface area contributed by atoms with Gasteiger partial charge in [-0.05, 0) is 43.3 Å². The molecule has 0 radical (unpaired) electrons. The van der Waals surface area contributed by atoms with E-state index in [1.54, 1.807) is 13.0 Å². The van der Waals surface area contributed by atoms with Crippen LogP contribution in [0.25, 0.3) is 21.8 Å². The van der Waals surface area contributed by atoms with Gasteiger partial charge in [-0.1, -0.05) is 20.8 Å². The molecule has 0 saturated carbocycles. The summed E-state index contributed by atoms with van der Waals surface area (Å²) in [5.41, 5.74) is -1.41. The molecule has 0 aliphatic heterocycles. The van der Waals surface area contributed by atoms with Gasteiger partial charge in [0.05, 0.1) is 32.5 Å². The third-order valence-electron chi connectivity index (χ3n) is 5.03. The highest BCUT2D eigenvalue weighted by atomic mass is 32.2. The molecule has 0 amide bonds. The highest BCUT2D eigenvalue weighted by Crippen LogP contribution is 2.43. The third-order valence-corrected chi connectivity index (χ3v) is 7.92. The Balaban J connectivity index is 1.89. The van der Waals surface area contributed by atoms with E-state index >= 15 is 8.78 Å². The van der Waals surface area contributed by atoms with Crippen molar-refractivity contribution in [1.82, 2.24) is 15.0 Å². The summed E-state index contributed by atoms with van der Waals surface area (Å²) in [4.78, 5) is 12.2. The molecule has 0 bridgehead atoms. The number of nitrogens with zero attached hydrogens (tertiary/aromatic N) is 3. The fourth-order valence-corrected chi connectivity index (χ4v) is 5.55. The summed E-state index contributed by atoms with van der Waals surface area (Å²) in [5.74, 6) is -4.07. The van der Waals surface area contributed by atoms with Gasteiger partial charge in [0.15, 0.2) is 5.82 Å². The summed E-state index contributed by atoms with van der Waals surface area (Å²) in [6, 6.07) is 5.14. The second kappa shape index (κ2) is 9.25. The maximum absolute atomic E-state index is 15.7. The number of halogens is 4. The average molecular weight is 537 g/mol. The van der Waals surface area contributed by atoms with Gasteiger partial charge in [-0.2, -0.15) is 0 Å². The molecule has 12 heteroatoms. The Labute approximate surface area is 209 Å². The van der Waals surface area contributed by atoms with E-state index in [0.717, 1.165) is 18.2 Å². The zero-order chi connectivity index (χ0) is 26.4. The van der Waals surface area contributed by atoms with E-state index in [9.17, 15) is 17.2 Å². The molecule has 6 nitrogen and oxygen atoms in total. The van der Waals surface area contributed by atoms with E-state index in [1.807, 2.05) is 25.5 Å². The molecule has 2 heterocycles. The number of hydrogen-bond donors (Lipinski definition) is 1. The maximum Gasteiger partial charge on any atom is 0.265 e. The SMILES string of the molecule is Cc1nccc(-c2sc(C(C)(C)C)nc2-c2c(F)ccc(NS(=O)(=O)c3cc(F)ccc3F)c2F)n1. The van der Waals surface area contributed by atoms with Gasteiger partial charge in [-0.3, -0.25) is 4.72 Å². The van der Waals surface area contributed by atoms with Gasteiger partial charge in [0.2, 0.25) is 0 Å². The van der Waals surface area contributed by atoms with Gasteiger partial charge in [-0.25, -0.2) is 40.9 Å². The molecule has 0 fully saturated rings. The van der Waals surface area contributed by atoms with Crippen LogP contribution in [0, 0.1) is 30.2 Å². The van der Waals surface area contributed by atoms with E-state index in [0.29, 0.717) is 33.5 Å². The molecule has 2 aromatic carbocycles. The summed E-state index contributed by atoms with van der Waals surface area (Å²) in [7, 11) is -4.75. The second-order valence-electron chi connectivity index (χ2n) is 8.90. The first kappa shape index (κ1) is 25.7. The molecule has 0 spiro atoms. The Bertz CT molecular complexity index is 1580. The molecule has 0 saturated heterocycles. The van der Waals surface area contributed by atoms with Crippen LogP contribution in [0.1, 0.15) is 31.6 Å². The number of thiazole rings is 1. The highest BCUT2D eigenvalue weighted by Gasteiger charge is 2.29. The number of nitrogens with one attached hydrogen (secondary N) is 1. The first-order valence-electron chi connectivity index (χ1n) is 10.6. The number of aromatic nitrogens is 3. The van der Waals surface area contributed by atoms with Crippen molar-refractivity contribution in [3.05, 3.63) is 76.7 Å². The molecule has 0 aliphatic carbocycles. The minimum Gasteiger partial charge on any atom is -0.277 e. The first-order chi connectivity index (χ1) is 16.8. The van der Waals surface area contributed by atoms with Gasteiger partial charge in [0.1, 0.15) is 28.2 Å². The van der Waals surface area contributed by atoms with Crippen LogP contribution in [-0.4, -0.2) is 23.4 Å². The number of sulfonamides is 1. The first-order valence-corrected chi connectivity index (χ1v) is 12.9. The molecular formula is C24H20F4N4O2S2. The van der Waals surface area contributed by atoms with Crippen LogP contribution in [0.15, 0.2) is 47.5 Å². The van der Waals surface area contributed by atoms with Crippen molar-refractivity contribution in [2.45, 2.75) is 38.0 Å². The van der Waals surface area contributed by atoms with E-state index in [1.165, 1.54) is 17.5 Å². The number of anilines is 1. The van der Waals surface area contributed by atoms with Crippen molar-refractivity contribution >= 4 is 27.0 Å². The van der Waals surface area contributed by atoms with E-state index in [-0.39, 0.29) is 5.69 Å². The summed E-state index contributed by atoms with van der Waals surface area (Å²) in [5, 5.41) is 0.565. The van der Waals surface area contributed by atoms with E-state index in [4.69, 9.17) is 0 Å². The fraction of sp³-hybridized carbons (Fsp3) is 0.208. The van der Waals surface area contributed by atoms with E-state index < -0.39 is 54.9 Å². The van der Waals surface area contributed by atoms with Crippen LogP contribution in [0.3, 0.4) is 0 Å². The molecule has 2 aromatic heterocycles. The topological polar surface area (TPSA) is 84.8 Å². The lowest BCUT2D eigenvalue weighted by Crippen LogP contribution is -2.16. The minimum absolute atomic E-state index is 0.0731. The monoisotopic (exact) mass is 536 g/mol. The Morgan fingerprint density at radius 1 is 0.944 bits per heavy atom. The van der Waals surface area contributed by atoms with Gasteiger partial charge in [0.25, 0.3) is 10.0 Å². The van der Waals surface area contributed by atoms with Crippen molar-refractivity contribution in [3.63, 3.8) is 0 Å². The normalized spacial score (nSPS) is 12.1. The molecule has 0 atom stereocenters. The summed E-state index contributed by atoms with van der Waals surface area (Å²) in [6.45, 7) is 7.32. The molecule has 4 aromatic rings. The molecule has 1 N–H and O–H groups in total. The number of aryl methyl sites for hydroxylation is 1. The zero-order valence-corrected chi connectivity index (χ0v) is 21.2. The van der Waals surface area contributed by atoms with Crippen LogP contribution in [0.5, 0.6) is 0 Å². The van der Waals surface area contributed by atoms with Gasteiger partial charge in [0, 0.05) is 11.6 Å². The summed E-state index contributed by atoms with van der Waals surface area (Å²) >= 11 is 1.20. The van der Waals surface area contributed by atoms with Crippen LogP contribution < -0.4 is 4.72 Å². The third kappa shape index (κ3) is 4.96. The fourth-order valence-electron chi connectivity index (χ4n) is 3.30. The number of hydrogen-bond acceptors (Lipinski definition) is 6. The maximum atomic E-state index is 15.7. The van der Waals surface area contributed by atoms with Gasteiger partial charge >= 0.3 is 0 Å². The molecular weight excluding hydrogens is 516 g/mol. The second-order valence-corrected chi connectivity index (χ2v) is 11.5. The highest BCUT2D eigenvalue weighted by molar-refractivity contribution is 7.92. The predicted octanol–water partition coefficient (Wildman–Crippen LogP) is 6.23. The van der Waals surface area contributed by atoms with Gasteiger partial charge < -0.3 is 0 Å². The molecule has 0 aliphatic rings. The quantitative estimate of drug-likeness (QED) is 0.306. The van der Waals surface area contributed by atoms with Gasteiger partial charge in [-0.15, -0.1) is 11.3 Å². The largest absolute Gasteiger partial charge is 0.277 e. The summed E-state index contributed by atoms with van der Waals surface area (Å²) in [6.07, 6.45) is 1.50. The van der Waals surface area contributed by atoms with Crippen LogP contribution >= 0.6 is 11.3 Å². The Morgan fingerprint density at radius 2 is 1.64 bits per heavy atom. The van der Waals surface area contributed by atoms with Crippen molar-refractivity contribution < 1.29 is 26.0 Å². The number of rotatable bonds is 5. The minimum atomic E-state index is -4.75. The Morgan fingerprint density at radius 3 is 2.31 bits per heavy atom. The predicted molar refractivity (Wildman–Crippen MR) is 129 cm³/mol. The van der Waals surface area contributed by atoms with Crippen molar-refractivity contribution in [2.24, 2.45) is 0 Å². The lowest BCUT2D eigenvalue weighted by molar-refractivity contribution is 0.554. The van der Waals surface area contributed by atoms with Crippen molar-refractivity contribution in [1.29, 1.82) is 0 Å². The molecule has 36 heavy (non-hydrogen) atoms. The lowest BCUT2D eigenvalue weighted by Gasteiger charge is -2.14. The number of benzene rings is 2. The average Bonchev–Trinajstić information content (AvgIpc) is 3.23. The zero-order valence-electron chi connectivity index (χ0n) is 19.5. The Hall–Kier alpha value is -3.38. The van der Waals surface area contributed by atoms with E-state index in [2.05, 4.69) is 15.0 Å². The standard InChI is InChI=1S/C24H20F4N4O2S2/c1-12-29-10-9-17(30-12)22-21(31-23(35-22)24(2,3)4)19-15(27)7-8-16(20(19)28)32-36(33,34)18-11-13(25)5-6-14(18)26/h5-11,32H,1-4H3. The van der Waals surface area contributed by atoms with Crippen LogP contribution in [0.2, 0.25) is 0 Å². The van der Waals surface area contributed by atoms with Crippen LogP contribution in [-0.2, 0) is 15.4 Å². The van der Waals surface area contributed by atoms with Crippen molar-refractivity contribution in [3.8, 4) is 21.8 Å². The lowest BCUT2D eigenvalue weighted by atomic mass is 9.98. The van der Waals surface area contributed by atoms with Crippen molar-refractivity contribution in [2.75, 3.05) is 4.72 Å².